The molecule has 1 rings (SSSR count). The van der Waals surface area contributed by atoms with E-state index in [9.17, 15) is 8.42 Å². The van der Waals surface area contributed by atoms with E-state index in [1.54, 1.807) is 11.4 Å². The number of rotatable bonds is 3. The van der Waals surface area contributed by atoms with E-state index in [1.165, 1.54) is 4.31 Å². The normalized spacial score (nSPS) is 24.3. The molecule has 0 atom stereocenters. The molecule has 0 spiro atoms. The lowest BCUT2D eigenvalue weighted by molar-refractivity contribution is 0.409. The first-order valence-corrected chi connectivity index (χ1v) is 6.05. The zero-order chi connectivity index (χ0) is 10.1. The lowest BCUT2D eigenvalue weighted by Crippen LogP contribution is -2.32. The Labute approximate surface area is 80.7 Å². The molecule has 78 valence electrons. The van der Waals surface area contributed by atoms with Crippen LogP contribution in [0.4, 0.5) is 0 Å². The molecule has 1 fully saturated rings. The van der Waals surface area contributed by atoms with Crippen LogP contribution in [0.15, 0.2) is 0 Å². The summed E-state index contributed by atoms with van der Waals surface area (Å²) in [4.78, 5) is 0. The highest BCUT2D eigenvalue weighted by Crippen LogP contribution is 2.15. The van der Waals surface area contributed by atoms with Crippen molar-refractivity contribution in [2.45, 2.75) is 20.3 Å². The summed E-state index contributed by atoms with van der Waals surface area (Å²) in [5, 5.41) is 0. The molecular formula is C8H18N2O2S. The van der Waals surface area contributed by atoms with Crippen molar-refractivity contribution in [1.29, 1.82) is 0 Å². The van der Waals surface area contributed by atoms with Gasteiger partial charge in [-0.2, -0.15) is 17.0 Å². The maximum Gasteiger partial charge on any atom is 0.281 e. The SMILES string of the molecule is CC(C)CCN1CCN(C)S1(=O)=O. The van der Waals surface area contributed by atoms with Gasteiger partial charge in [0.05, 0.1) is 0 Å². The zero-order valence-electron chi connectivity index (χ0n) is 8.52. The Morgan fingerprint density at radius 3 is 2.31 bits per heavy atom. The fraction of sp³-hybridized carbons (Fsp3) is 1.00. The molecule has 0 aliphatic carbocycles. The molecule has 0 radical (unpaired) electrons. The number of likely N-dealkylation sites (N-methyl/N-ethyl adjacent to an activating group) is 1. The first kappa shape index (κ1) is 10.9. The van der Waals surface area contributed by atoms with Gasteiger partial charge in [-0.1, -0.05) is 13.8 Å². The first-order valence-electron chi connectivity index (χ1n) is 4.66. The van der Waals surface area contributed by atoms with Crippen molar-refractivity contribution in [2.75, 3.05) is 26.7 Å². The third kappa shape index (κ3) is 2.42. The smallest absolute Gasteiger partial charge is 0.195 e. The van der Waals surface area contributed by atoms with Crippen molar-refractivity contribution < 1.29 is 8.42 Å². The Balaban J connectivity index is 2.53. The van der Waals surface area contributed by atoms with E-state index in [-0.39, 0.29) is 0 Å². The van der Waals surface area contributed by atoms with Crippen LogP contribution in [0.1, 0.15) is 20.3 Å². The standard InChI is InChI=1S/C8H18N2O2S/c1-8(2)4-5-10-7-6-9(3)13(10,11)12/h8H,4-7H2,1-3H3. The molecule has 1 heterocycles. The molecule has 1 saturated heterocycles. The Bertz CT molecular complexity index is 261. The quantitative estimate of drug-likeness (QED) is 0.675. The highest BCUT2D eigenvalue weighted by molar-refractivity contribution is 7.87. The largest absolute Gasteiger partial charge is 0.281 e. The van der Waals surface area contributed by atoms with Crippen molar-refractivity contribution in [3.8, 4) is 0 Å². The molecule has 5 heteroatoms. The molecule has 0 aromatic carbocycles. The van der Waals surface area contributed by atoms with E-state index in [4.69, 9.17) is 0 Å². The second-order valence-electron chi connectivity index (χ2n) is 3.91. The average Bonchev–Trinajstić information content (AvgIpc) is 2.25. The van der Waals surface area contributed by atoms with Crippen LogP contribution in [0.5, 0.6) is 0 Å². The minimum absolute atomic E-state index is 0.557. The molecule has 1 aliphatic heterocycles. The highest BCUT2D eigenvalue weighted by Gasteiger charge is 2.32. The lowest BCUT2D eigenvalue weighted by atomic mass is 10.1. The fourth-order valence-corrected chi connectivity index (χ4v) is 2.66. The summed E-state index contributed by atoms with van der Waals surface area (Å²) in [6, 6.07) is 0. The molecule has 0 aromatic rings. The Hall–Kier alpha value is -0.130. The van der Waals surface area contributed by atoms with Crippen LogP contribution >= 0.6 is 0 Å². The van der Waals surface area contributed by atoms with Gasteiger partial charge in [-0.3, -0.25) is 0 Å². The van der Waals surface area contributed by atoms with Crippen LogP contribution in [0.25, 0.3) is 0 Å². The molecule has 0 amide bonds. The van der Waals surface area contributed by atoms with Gasteiger partial charge in [-0.05, 0) is 12.3 Å². The summed E-state index contributed by atoms with van der Waals surface area (Å²) in [5.74, 6) is 0.557. The minimum atomic E-state index is -3.09. The summed E-state index contributed by atoms with van der Waals surface area (Å²) in [6.45, 7) is 6.13. The predicted octanol–water partition coefficient (Wildman–Crippen LogP) is 0.525. The van der Waals surface area contributed by atoms with Crippen LogP contribution in [-0.4, -0.2) is 43.7 Å². The van der Waals surface area contributed by atoms with Crippen LogP contribution in [-0.2, 0) is 10.2 Å². The van der Waals surface area contributed by atoms with Crippen molar-refractivity contribution in [3.63, 3.8) is 0 Å². The van der Waals surface area contributed by atoms with Gasteiger partial charge in [0.1, 0.15) is 0 Å². The Kier molecular flexibility index (Phi) is 3.32. The van der Waals surface area contributed by atoms with Crippen molar-refractivity contribution in [1.82, 2.24) is 8.61 Å². The third-order valence-corrected chi connectivity index (χ3v) is 4.33. The van der Waals surface area contributed by atoms with E-state index in [0.29, 0.717) is 25.6 Å². The summed E-state index contributed by atoms with van der Waals surface area (Å²) in [7, 11) is -1.47. The maximum atomic E-state index is 11.6. The van der Waals surface area contributed by atoms with Crippen LogP contribution in [0, 0.1) is 5.92 Å². The van der Waals surface area contributed by atoms with Gasteiger partial charge in [0.2, 0.25) is 0 Å². The van der Waals surface area contributed by atoms with E-state index in [2.05, 4.69) is 13.8 Å². The summed E-state index contributed by atoms with van der Waals surface area (Å²) < 4.78 is 26.1. The summed E-state index contributed by atoms with van der Waals surface area (Å²) in [6.07, 6.45) is 0.938. The maximum absolute atomic E-state index is 11.6. The molecule has 0 aromatic heterocycles. The highest BCUT2D eigenvalue weighted by atomic mass is 32.2. The number of nitrogens with zero attached hydrogens (tertiary/aromatic N) is 2. The van der Waals surface area contributed by atoms with Crippen LogP contribution in [0.3, 0.4) is 0 Å². The van der Waals surface area contributed by atoms with Crippen LogP contribution in [0.2, 0.25) is 0 Å². The molecule has 0 saturated carbocycles. The summed E-state index contributed by atoms with van der Waals surface area (Å²) in [5.41, 5.74) is 0. The van der Waals surface area contributed by atoms with Crippen molar-refractivity contribution >= 4 is 10.2 Å². The number of hydrogen-bond donors (Lipinski definition) is 0. The molecule has 1 aliphatic rings. The van der Waals surface area contributed by atoms with Gasteiger partial charge in [-0.15, -0.1) is 0 Å². The minimum Gasteiger partial charge on any atom is -0.195 e. The van der Waals surface area contributed by atoms with Crippen molar-refractivity contribution in [3.05, 3.63) is 0 Å². The molecular weight excluding hydrogens is 188 g/mol. The number of hydrogen-bond acceptors (Lipinski definition) is 2. The van der Waals surface area contributed by atoms with E-state index in [1.807, 2.05) is 0 Å². The third-order valence-electron chi connectivity index (χ3n) is 2.34. The van der Waals surface area contributed by atoms with Crippen molar-refractivity contribution in [2.24, 2.45) is 5.92 Å². The lowest BCUT2D eigenvalue weighted by Gasteiger charge is -2.16. The Morgan fingerprint density at radius 1 is 1.31 bits per heavy atom. The molecule has 4 nitrogen and oxygen atoms in total. The van der Waals surface area contributed by atoms with E-state index >= 15 is 0 Å². The first-order chi connectivity index (χ1) is 5.94. The molecule has 0 unspecified atom stereocenters. The average molecular weight is 206 g/mol. The topological polar surface area (TPSA) is 40.6 Å². The van der Waals surface area contributed by atoms with Gasteiger partial charge in [0.15, 0.2) is 0 Å². The molecule has 0 bridgehead atoms. The van der Waals surface area contributed by atoms with E-state index < -0.39 is 10.2 Å². The van der Waals surface area contributed by atoms with Gasteiger partial charge in [0, 0.05) is 26.7 Å². The predicted molar refractivity (Wildman–Crippen MR) is 52.6 cm³/mol. The summed E-state index contributed by atoms with van der Waals surface area (Å²) >= 11 is 0. The Morgan fingerprint density at radius 2 is 1.92 bits per heavy atom. The van der Waals surface area contributed by atoms with Gasteiger partial charge in [0.25, 0.3) is 10.2 Å². The monoisotopic (exact) mass is 206 g/mol. The second kappa shape index (κ2) is 3.94. The van der Waals surface area contributed by atoms with Gasteiger partial charge < -0.3 is 0 Å². The van der Waals surface area contributed by atoms with Gasteiger partial charge in [-0.25, -0.2) is 0 Å². The second-order valence-corrected chi connectivity index (χ2v) is 5.95. The fourth-order valence-electron chi connectivity index (χ4n) is 1.31. The van der Waals surface area contributed by atoms with Gasteiger partial charge >= 0.3 is 0 Å². The van der Waals surface area contributed by atoms with Crippen LogP contribution < -0.4 is 0 Å². The molecule has 13 heavy (non-hydrogen) atoms. The zero-order valence-corrected chi connectivity index (χ0v) is 9.34. The van der Waals surface area contributed by atoms with E-state index in [0.717, 1.165) is 6.42 Å². The molecule has 0 N–H and O–H groups in total.